The molecule has 0 atom stereocenters. The van der Waals surface area contributed by atoms with Gasteiger partial charge < -0.3 is 20.1 Å². The minimum Gasteiger partial charge on any atom is -0.382 e. The van der Waals surface area contributed by atoms with Crippen LogP contribution in [0, 0.1) is 0 Å². The molecule has 0 unspecified atom stereocenters. The van der Waals surface area contributed by atoms with Crippen molar-refractivity contribution in [3.05, 3.63) is 35.9 Å². The fourth-order valence-electron chi connectivity index (χ4n) is 2.29. The second kappa shape index (κ2) is 15.9. The molecule has 5 heteroatoms. The molecule has 0 bridgehead atoms. The second-order valence-electron chi connectivity index (χ2n) is 5.84. The van der Waals surface area contributed by atoms with Crippen molar-refractivity contribution >= 4 is 5.96 Å². The smallest absolute Gasteiger partial charge is 0.191 e. The largest absolute Gasteiger partial charge is 0.382 e. The zero-order valence-corrected chi connectivity index (χ0v) is 15.9. The van der Waals surface area contributed by atoms with Crippen LogP contribution in [0.4, 0.5) is 0 Å². The highest BCUT2D eigenvalue weighted by molar-refractivity contribution is 5.79. The Morgan fingerprint density at radius 3 is 2.44 bits per heavy atom. The molecule has 0 aliphatic heterocycles. The van der Waals surface area contributed by atoms with Crippen LogP contribution in [0.3, 0.4) is 0 Å². The van der Waals surface area contributed by atoms with Crippen molar-refractivity contribution < 1.29 is 9.47 Å². The minimum atomic E-state index is 0.695. The third-order valence-electron chi connectivity index (χ3n) is 3.63. The van der Waals surface area contributed by atoms with E-state index in [1.165, 1.54) is 5.56 Å². The number of hydrogen-bond acceptors (Lipinski definition) is 3. The SMILES string of the molecule is CCNC(=NCCCCOCC)NCCCCOCc1ccccc1. The zero-order valence-electron chi connectivity index (χ0n) is 15.9. The molecule has 1 rings (SSSR count). The van der Waals surface area contributed by atoms with Gasteiger partial charge in [-0.3, -0.25) is 4.99 Å². The number of unbranched alkanes of at least 4 members (excludes halogenated alkanes) is 2. The van der Waals surface area contributed by atoms with Crippen LogP contribution in [-0.4, -0.2) is 45.4 Å². The number of rotatable bonds is 14. The first-order chi connectivity index (χ1) is 12.4. The van der Waals surface area contributed by atoms with Crippen LogP contribution in [0.2, 0.25) is 0 Å². The average molecular weight is 350 g/mol. The van der Waals surface area contributed by atoms with Crippen molar-refractivity contribution in [3.8, 4) is 0 Å². The van der Waals surface area contributed by atoms with Crippen molar-refractivity contribution in [2.75, 3.05) is 39.5 Å². The van der Waals surface area contributed by atoms with Crippen molar-refractivity contribution in [2.24, 2.45) is 4.99 Å². The van der Waals surface area contributed by atoms with Crippen molar-refractivity contribution in [1.29, 1.82) is 0 Å². The van der Waals surface area contributed by atoms with Gasteiger partial charge in [0.25, 0.3) is 0 Å². The van der Waals surface area contributed by atoms with Gasteiger partial charge in [-0.2, -0.15) is 0 Å². The molecule has 25 heavy (non-hydrogen) atoms. The molecule has 5 nitrogen and oxygen atoms in total. The van der Waals surface area contributed by atoms with E-state index in [2.05, 4.69) is 34.7 Å². The summed E-state index contributed by atoms with van der Waals surface area (Å²) in [5.41, 5.74) is 1.23. The summed E-state index contributed by atoms with van der Waals surface area (Å²) < 4.78 is 11.0. The van der Waals surface area contributed by atoms with E-state index in [4.69, 9.17) is 9.47 Å². The number of nitrogens with zero attached hydrogens (tertiary/aromatic N) is 1. The van der Waals surface area contributed by atoms with Crippen molar-refractivity contribution in [2.45, 2.75) is 46.1 Å². The summed E-state index contributed by atoms with van der Waals surface area (Å²) in [6.07, 6.45) is 4.25. The van der Waals surface area contributed by atoms with Gasteiger partial charge in [0.2, 0.25) is 0 Å². The van der Waals surface area contributed by atoms with E-state index < -0.39 is 0 Å². The number of benzene rings is 1. The lowest BCUT2D eigenvalue weighted by Gasteiger charge is -2.11. The van der Waals surface area contributed by atoms with E-state index in [1.807, 2.05) is 25.1 Å². The van der Waals surface area contributed by atoms with Crippen LogP contribution >= 0.6 is 0 Å². The Kier molecular flexibility index (Phi) is 13.7. The molecular formula is C20H35N3O2. The molecule has 0 amide bonds. The molecule has 0 aliphatic rings. The Hall–Kier alpha value is -1.59. The lowest BCUT2D eigenvalue weighted by Crippen LogP contribution is -2.38. The lowest BCUT2D eigenvalue weighted by molar-refractivity contribution is 0.117. The number of hydrogen-bond donors (Lipinski definition) is 2. The van der Waals surface area contributed by atoms with Gasteiger partial charge >= 0.3 is 0 Å². The molecule has 1 aromatic rings. The van der Waals surface area contributed by atoms with Gasteiger partial charge in [0.1, 0.15) is 0 Å². The molecule has 0 spiro atoms. The molecule has 0 radical (unpaired) electrons. The van der Waals surface area contributed by atoms with Crippen LogP contribution in [0.25, 0.3) is 0 Å². The number of ether oxygens (including phenoxy) is 2. The predicted octanol–water partition coefficient (Wildman–Crippen LogP) is 3.36. The molecule has 0 saturated carbocycles. The molecule has 1 aromatic carbocycles. The fourth-order valence-corrected chi connectivity index (χ4v) is 2.29. The monoisotopic (exact) mass is 349 g/mol. The van der Waals surface area contributed by atoms with Crippen molar-refractivity contribution in [1.82, 2.24) is 10.6 Å². The Balaban J connectivity index is 2.03. The molecule has 0 fully saturated rings. The maximum Gasteiger partial charge on any atom is 0.191 e. The molecule has 142 valence electrons. The summed E-state index contributed by atoms with van der Waals surface area (Å²) in [7, 11) is 0. The van der Waals surface area contributed by atoms with Crippen LogP contribution in [0.5, 0.6) is 0 Å². The van der Waals surface area contributed by atoms with Crippen LogP contribution < -0.4 is 10.6 Å². The van der Waals surface area contributed by atoms with Gasteiger partial charge in [0.15, 0.2) is 5.96 Å². The summed E-state index contributed by atoms with van der Waals surface area (Å²) in [5, 5.41) is 6.67. The van der Waals surface area contributed by atoms with Gasteiger partial charge in [-0.1, -0.05) is 30.3 Å². The summed E-state index contributed by atoms with van der Waals surface area (Å²) in [6, 6.07) is 10.3. The summed E-state index contributed by atoms with van der Waals surface area (Å²) in [5.74, 6) is 0.907. The third kappa shape index (κ3) is 12.4. The van der Waals surface area contributed by atoms with Crippen LogP contribution in [0.15, 0.2) is 35.3 Å². The zero-order chi connectivity index (χ0) is 18.0. The quantitative estimate of drug-likeness (QED) is 0.307. The van der Waals surface area contributed by atoms with Crippen LogP contribution in [-0.2, 0) is 16.1 Å². The Labute approximate surface area is 153 Å². The van der Waals surface area contributed by atoms with Gasteiger partial charge in [0, 0.05) is 39.5 Å². The normalized spacial score (nSPS) is 11.5. The molecule has 2 N–H and O–H groups in total. The highest BCUT2D eigenvalue weighted by Crippen LogP contribution is 2.01. The second-order valence-corrected chi connectivity index (χ2v) is 5.84. The van der Waals surface area contributed by atoms with E-state index in [0.29, 0.717) is 6.61 Å². The summed E-state index contributed by atoms with van der Waals surface area (Å²) in [4.78, 5) is 4.59. The highest BCUT2D eigenvalue weighted by atomic mass is 16.5. The topological polar surface area (TPSA) is 54.9 Å². The van der Waals surface area contributed by atoms with E-state index in [-0.39, 0.29) is 0 Å². The first kappa shape index (κ1) is 21.5. The van der Waals surface area contributed by atoms with E-state index >= 15 is 0 Å². The maximum absolute atomic E-state index is 5.70. The summed E-state index contributed by atoms with van der Waals surface area (Å²) >= 11 is 0. The highest BCUT2D eigenvalue weighted by Gasteiger charge is 1.97. The first-order valence-corrected chi connectivity index (χ1v) is 9.58. The predicted molar refractivity (Wildman–Crippen MR) is 105 cm³/mol. The third-order valence-corrected chi connectivity index (χ3v) is 3.63. The van der Waals surface area contributed by atoms with Gasteiger partial charge in [0.05, 0.1) is 6.61 Å². The first-order valence-electron chi connectivity index (χ1n) is 9.58. The average Bonchev–Trinajstić information content (AvgIpc) is 2.64. The van der Waals surface area contributed by atoms with Gasteiger partial charge in [-0.15, -0.1) is 0 Å². The Morgan fingerprint density at radius 1 is 0.920 bits per heavy atom. The number of aliphatic imine (C=N–C) groups is 1. The fraction of sp³-hybridized carbons (Fsp3) is 0.650. The van der Waals surface area contributed by atoms with Crippen LogP contribution in [0.1, 0.15) is 45.1 Å². The Bertz CT molecular complexity index is 438. The minimum absolute atomic E-state index is 0.695. The molecule has 0 aromatic heterocycles. The van der Waals surface area contributed by atoms with Crippen molar-refractivity contribution in [3.63, 3.8) is 0 Å². The van der Waals surface area contributed by atoms with E-state index in [9.17, 15) is 0 Å². The van der Waals surface area contributed by atoms with Gasteiger partial charge in [-0.05, 0) is 45.1 Å². The maximum atomic E-state index is 5.70. The number of nitrogens with one attached hydrogen (secondary N) is 2. The molecular weight excluding hydrogens is 314 g/mol. The van der Waals surface area contributed by atoms with E-state index in [0.717, 1.165) is 71.1 Å². The number of guanidine groups is 1. The Morgan fingerprint density at radius 2 is 1.68 bits per heavy atom. The lowest BCUT2D eigenvalue weighted by atomic mass is 10.2. The molecule has 0 heterocycles. The summed E-state index contributed by atoms with van der Waals surface area (Å²) in [6.45, 7) is 9.86. The van der Waals surface area contributed by atoms with E-state index in [1.54, 1.807) is 0 Å². The molecule has 0 aliphatic carbocycles. The standard InChI is InChI=1S/C20H35N3O2/c1-3-21-20(22-14-8-10-16-24-4-2)23-15-9-11-17-25-18-19-12-6-5-7-13-19/h5-7,12-13H,3-4,8-11,14-18H2,1-2H3,(H2,21,22,23). The van der Waals surface area contributed by atoms with Gasteiger partial charge in [-0.25, -0.2) is 0 Å². The molecule has 0 saturated heterocycles.